The number of phenols is 1. The smallest absolute Gasteiger partial charge is 0.293 e. The second-order valence-electron chi connectivity index (χ2n) is 5.10. The normalized spacial score (nSPS) is 16.2. The Morgan fingerprint density at radius 1 is 1.12 bits per heavy atom. The van der Waals surface area contributed by atoms with E-state index in [1.54, 1.807) is 36.4 Å². The maximum Gasteiger partial charge on any atom is 0.293 e. The van der Waals surface area contributed by atoms with Crippen molar-refractivity contribution in [3.05, 3.63) is 68.5 Å². The molecule has 0 aliphatic carbocycles. The highest BCUT2D eigenvalue weighted by molar-refractivity contribution is 8.18. The number of carbonyl (C=O) groups excluding carboxylic acids is 2. The lowest BCUT2D eigenvalue weighted by Crippen LogP contribution is -2.27. The summed E-state index contributed by atoms with van der Waals surface area (Å²) < 4.78 is 0. The van der Waals surface area contributed by atoms with E-state index in [1.165, 1.54) is 12.1 Å². The Kier molecular flexibility index (Phi) is 4.85. The van der Waals surface area contributed by atoms with Crippen molar-refractivity contribution in [1.29, 1.82) is 0 Å². The van der Waals surface area contributed by atoms with E-state index >= 15 is 0 Å². The lowest BCUT2D eigenvalue weighted by atomic mass is 10.2. The zero-order valence-electron chi connectivity index (χ0n) is 12.2. The number of imide groups is 1. The largest absolute Gasteiger partial charge is 0.508 e. The van der Waals surface area contributed by atoms with Gasteiger partial charge in [0, 0.05) is 10.0 Å². The van der Waals surface area contributed by atoms with Crippen LogP contribution in [0.3, 0.4) is 0 Å². The van der Waals surface area contributed by atoms with E-state index in [1.807, 2.05) is 0 Å². The summed E-state index contributed by atoms with van der Waals surface area (Å²) in [5.41, 5.74) is 1.28. The van der Waals surface area contributed by atoms with E-state index in [0.29, 0.717) is 26.1 Å². The number of halogens is 2. The topological polar surface area (TPSA) is 57.6 Å². The Bertz CT molecular complexity index is 867. The molecule has 1 heterocycles. The fourth-order valence-corrected chi connectivity index (χ4v) is 3.53. The lowest BCUT2D eigenvalue weighted by molar-refractivity contribution is -0.123. The van der Waals surface area contributed by atoms with Crippen molar-refractivity contribution < 1.29 is 14.7 Å². The van der Waals surface area contributed by atoms with Crippen LogP contribution >= 0.6 is 35.0 Å². The Morgan fingerprint density at radius 2 is 1.92 bits per heavy atom. The zero-order chi connectivity index (χ0) is 17.3. The quantitative estimate of drug-likeness (QED) is 0.767. The molecular weight excluding hydrogens is 369 g/mol. The van der Waals surface area contributed by atoms with Crippen LogP contribution in [0, 0.1) is 0 Å². The highest BCUT2D eigenvalue weighted by Gasteiger charge is 2.35. The van der Waals surface area contributed by atoms with Crippen molar-refractivity contribution in [2.24, 2.45) is 0 Å². The number of hydrogen-bond donors (Lipinski definition) is 1. The van der Waals surface area contributed by atoms with E-state index in [2.05, 4.69) is 0 Å². The second-order valence-corrected chi connectivity index (χ2v) is 6.94. The van der Waals surface area contributed by atoms with Gasteiger partial charge in [-0.2, -0.15) is 0 Å². The third-order valence-electron chi connectivity index (χ3n) is 3.39. The SMILES string of the molecule is O=C1SC(=Cc2cccc(O)c2)C(=O)N1Cc1ccc(Cl)cc1Cl. The summed E-state index contributed by atoms with van der Waals surface area (Å²) >= 11 is 12.8. The number of phenolic OH excluding ortho intramolecular Hbond substituents is 1. The first kappa shape index (κ1) is 16.9. The molecule has 1 aliphatic heterocycles. The molecule has 0 unspecified atom stereocenters. The predicted octanol–water partition coefficient (Wildman–Crippen LogP) is 4.94. The number of rotatable bonds is 3. The molecule has 1 fully saturated rings. The van der Waals surface area contributed by atoms with Crippen LogP contribution in [-0.2, 0) is 11.3 Å². The molecule has 0 radical (unpaired) electrons. The molecule has 0 atom stereocenters. The number of thioether (sulfide) groups is 1. The molecule has 1 N–H and O–H groups in total. The third-order valence-corrected chi connectivity index (χ3v) is 4.88. The van der Waals surface area contributed by atoms with Gasteiger partial charge in [0.25, 0.3) is 11.1 Å². The molecule has 0 bridgehead atoms. The van der Waals surface area contributed by atoms with E-state index < -0.39 is 0 Å². The van der Waals surface area contributed by atoms with Gasteiger partial charge in [-0.05, 0) is 53.2 Å². The minimum Gasteiger partial charge on any atom is -0.508 e. The molecular formula is C17H11Cl2NO3S. The zero-order valence-corrected chi connectivity index (χ0v) is 14.5. The van der Waals surface area contributed by atoms with Gasteiger partial charge in [-0.3, -0.25) is 14.5 Å². The van der Waals surface area contributed by atoms with Gasteiger partial charge in [0.05, 0.1) is 11.4 Å². The Morgan fingerprint density at radius 3 is 2.62 bits per heavy atom. The van der Waals surface area contributed by atoms with Crippen molar-refractivity contribution >= 4 is 52.2 Å². The highest BCUT2D eigenvalue weighted by atomic mass is 35.5. The summed E-state index contributed by atoms with van der Waals surface area (Å²) in [6.07, 6.45) is 1.58. The van der Waals surface area contributed by atoms with Crippen LogP contribution in [0.5, 0.6) is 5.75 Å². The van der Waals surface area contributed by atoms with Crippen LogP contribution in [-0.4, -0.2) is 21.2 Å². The summed E-state index contributed by atoms with van der Waals surface area (Å²) in [5, 5.41) is 10.0. The summed E-state index contributed by atoms with van der Waals surface area (Å²) in [6.45, 7) is 0.0814. The second kappa shape index (κ2) is 6.89. The first-order valence-electron chi connectivity index (χ1n) is 6.92. The van der Waals surface area contributed by atoms with E-state index in [9.17, 15) is 14.7 Å². The van der Waals surface area contributed by atoms with Crippen LogP contribution in [0.15, 0.2) is 47.4 Å². The molecule has 0 spiro atoms. The fraction of sp³-hybridized carbons (Fsp3) is 0.0588. The molecule has 1 saturated heterocycles. The lowest BCUT2D eigenvalue weighted by Gasteiger charge is -2.13. The highest BCUT2D eigenvalue weighted by Crippen LogP contribution is 2.34. The van der Waals surface area contributed by atoms with Crippen LogP contribution in [0.1, 0.15) is 11.1 Å². The molecule has 4 nitrogen and oxygen atoms in total. The van der Waals surface area contributed by atoms with Gasteiger partial charge in [-0.1, -0.05) is 41.4 Å². The summed E-state index contributed by atoms with van der Waals surface area (Å²) in [6, 6.07) is 11.4. The number of benzene rings is 2. The summed E-state index contributed by atoms with van der Waals surface area (Å²) in [7, 11) is 0. The number of aromatic hydroxyl groups is 1. The molecule has 0 aromatic heterocycles. The maximum atomic E-state index is 12.5. The first-order valence-corrected chi connectivity index (χ1v) is 8.49. The minimum absolute atomic E-state index is 0.0814. The van der Waals surface area contributed by atoms with Crippen molar-refractivity contribution in [2.45, 2.75) is 6.54 Å². The standard InChI is InChI=1S/C17H11Cl2NO3S/c18-12-5-4-11(14(19)8-12)9-20-16(22)15(24-17(20)23)7-10-2-1-3-13(21)6-10/h1-8,21H,9H2. The van der Waals surface area contributed by atoms with Gasteiger partial charge in [0.15, 0.2) is 0 Å². The molecule has 122 valence electrons. The van der Waals surface area contributed by atoms with Gasteiger partial charge < -0.3 is 5.11 Å². The van der Waals surface area contributed by atoms with Crippen molar-refractivity contribution in [2.75, 3.05) is 0 Å². The van der Waals surface area contributed by atoms with Crippen molar-refractivity contribution in [1.82, 2.24) is 4.90 Å². The van der Waals surface area contributed by atoms with Crippen LogP contribution < -0.4 is 0 Å². The first-order chi connectivity index (χ1) is 11.4. The molecule has 0 saturated carbocycles. The van der Waals surface area contributed by atoms with E-state index in [4.69, 9.17) is 23.2 Å². The number of nitrogens with zero attached hydrogens (tertiary/aromatic N) is 1. The van der Waals surface area contributed by atoms with Gasteiger partial charge in [0.2, 0.25) is 0 Å². The van der Waals surface area contributed by atoms with Gasteiger partial charge >= 0.3 is 0 Å². The predicted molar refractivity (Wildman–Crippen MR) is 96.1 cm³/mol. The number of amides is 2. The van der Waals surface area contributed by atoms with Gasteiger partial charge in [0.1, 0.15) is 5.75 Å². The number of carbonyl (C=O) groups is 2. The molecule has 1 aliphatic rings. The summed E-state index contributed by atoms with van der Waals surface area (Å²) in [4.78, 5) is 26.1. The monoisotopic (exact) mass is 379 g/mol. The fourth-order valence-electron chi connectivity index (χ4n) is 2.22. The molecule has 2 aromatic rings. The van der Waals surface area contributed by atoms with Crippen molar-refractivity contribution in [3.8, 4) is 5.75 Å². The molecule has 3 rings (SSSR count). The van der Waals surface area contributed by atoms with Crippen LogP contribution in [0.2, 0.25) is 10.0 Å². The van der Waals surface area contributed by atoms with Crippen LogP contribution in [0.4, 0.5) is 4.79 Å². The van der Waals surface area contributed by atoms with E-state index in [-0.39, 0.29) is 23.4 Å². The van der Waals surface area contributed by atoms with Crippen LogP contribution in [0.25, 0.3) is 6.08 Å². The third kappa shape index (κ3) is 3.59. The van der Waals surface area contributed by atoms with Gasteiger partial charge in [-0.15, -0.1) is 0 Å². The number of hydrogen-bond acceptors (Lipinski definition) is 4. The molecule has 7 heteroatoms. The average molecular weight is 380 g/mol. The molecule has 2 aromatic carbocycles. The van der Waals surface area contributed by atoms with E-state index in [0.717, 1.165) is 16.7 Å². The van der Waals surface area contributed by atoms with Crippen molar-refractivity contribution in [3.63, 3.8) is 0 Å². The molecule has 24 heavy (non-hydrogen) atoms. The Balaban J connectivity index is 1.84. The summed E-state index contributed by atoms with van der Waals surface area (Å²) in [5.74, 6) is -0.296. The minimum atomic E-state index is -0.389. The average Bonchev–Trinajstić information content (AvgIpc) is 2.77. The Labute approximate surface area is 152 Å². The van der Waals surface area contributed by atoms with Gasteiger partial charge in [-0.25, -0.2) is 0 Å². The maximum absolute atomic E-state index is 12.5. The molecule has 2 amide bonds. The Hall–Kier alpha value is -1.95.